The standard InChI is InChI=1S/C13H19ClN2/c1-10-5-7-16(8-6-10)13-4-3-12(9-14)11(2)15-13/h3-4,10H,5-9H2,1-2H3. The van der Waals surface area contributed by atoms with E-state index in [0.717, 1.165) is 36.1 Å². The van der Waals surface area contributed by atoms with Gasteiger partial charge in [-0.25, -0.2) is 4.98 Å². The molecule has 0 spiro atoms. The molecular weight excluding hydrogens is 220 g/mol. The van der Waals surface area contributed by atoms with Gasteiger partial charge in [-0.2, -0.15) is 0 Å². The van der Waals surface area contributed by atoms with E-state index in [4.69, 9.17) is 11.6 Å². The zero-order valence-corrected chi connectivity index (χ0v) is 10.8. The van der Waals surface area contributed by atoms with Crippen LogP contribution in [-0.4, -0.2) is 18.1 Å². The molecule has 3 heteroatoms. The first kappa shape index (κ1) is 11.7. The Morgan fingerprint density at radius 3 is 2.62 bits per heavy atom. The highest BCUT2D eigenvalue weighted by Crippen LogP contribution is 2.22. The van der Waals surface area contributed by atoms with Crippen molar-refractivity contribution in [3.8, 4) is 0 Å². The first-order chi connectivity index (χ1) is 7.70. The van der Waals surface area contributed by atoms with E-state index in [1.54, 1.807) is 0 Å². The van der Waals surface area contributed by atoms with Gasteiger partial charge >= 0.3 is 0 Å². The minimum atomic E-state index is 0.552. The predicted octanol–water partition coefficient (Wildman–Crippen LogP) is 3.37. The average Bonchev–Trinajstić information content (AvgIpc) is 2.30. The Hall–Kier alpha value is -0.760. The van der Waals surface area contributed by atoms with Gasteiger partial charge in [0.1, 0.15) is 5.82 Å². The van der Waals surface area contributed by atoms with Gasteiger partial charge in [0.15, 0.2) is 0 Å². The summed E-state index contributed by atoms with van der Waals surface area (Å²) in [7, 11) is 0. The van der Waals surface area contributed by atoms with E-state index in [-0.39, 0.29) is 0 Å². The summed E-state index contributed by atoms with van der Waals surface area (Å²) in [5.41, 5.74) is 2.20. The number of aromatic nitrogens is 1. The number of nitrogens with zero attached hydrogens (tertiary/aromatic N) is 2. The first-order valence-corrected chi connectivity index (χ1v) is 6.51. The lowest BCUT2D eigenvalue weighted by Crippen LogP contribution is -2.33. The van der Waals surface area contributed by atoms with Gasteiger partial charge in [-0.05, 0) is 37.3 Å². The van der Waals surface area contributed by atoms with Gasteiger partial charge in [0.2, 0.25) is 0 Å². The van der Waals surface area contributed by atoms with Crippen molar-refractivity contribution < 1.29 is 0 Å². The summed E-state index contributed by atoms with van der Waals surface area (Å²) < 4.78 is 0. The van der Waals surface area contributed by atoms with Crippen molar-refractivity contribution >= 4 is 17.4 Å². The second kappa shape index (κ2) is 5.05. The molecule has 0 aromatic carbocycles. The van der Waals surface area contributed by atoms with Gasteiger partial charge in [-0.15, -0.1) is 11.6 Å². The normalized spacial score (nSPS) is 17.8. The van der Waals surface area contributed by atoms with Crippen LogP contribution >= 0.6 is 11.6 Å². The maximum absolute atomic E-state index is 5.84. The molecule has 2 nitrogen and oxygen atoms in total. The molecule has 1 aromatic heterocycles. The monoisotopic (exact) mass is 238 g/mol. The number of hydrogen-bond donors (Lipinski definition) is 0. The summed E-state index contributed by atoms with van der Waals surface area (Å²) in [6.07, 6.45) is 2.55. The number of aryl methyl sites for hydroxylation is 1. The predicted molar refractivity (Wildman–Crippen MR) is 69.1 cm³/mol. The molecule has 16 heavy (non-hydrogen) atoms. The molecule has 1 aromatic rings. The Kier molecular flexibility index (Phi) is 3.70. The molecule has 0 saturated carbocycles. The van der Waals surface area contributed by atoms with Crippen LogP contribution in [0.2, 0.25) is 0 Å². The van der Waals surface area contributed by atoms with Crippen LogP contribution in [0.25, 0.3) is 0 Å². The van der Waals surface area contributed by atoms with E-state index in [1.165, 1.54) is 12.8 Å². The molecule has 1 saturated heterocycles. The summed E-state index contributed by atoms with van der Waals surface area (Å²) in [6, 6.07) is 4.20. The van der Waals surface area contributed by atoms with Gasteiger partial charge in [0.05, 0.1) is 0 Å². The van der Waals surface area contributed by atoms with Crippen molar-refractivity contribution in [2.45, 2.75) is 32.6 Å². The first-order valence-electron chi connectivity index (χ1n) is 5.98. The van der Waals surface area contributed by atoms with E-state index in [9.17, 15) is 0 Å². The summed E-state index contributed by atoms with van der Waals surface area (Å²) in [6.45, 7) is 6.63. The van der Waals surface area contributed by atoms with Crippen LogP contribution in [0.4, 0.5) is 5.82 Å². The van der Waals surface area contributed by atoms with Gasteiger partial charge in [0.25, 0.3) is 0 Å². The Labute approximate surface area is 103 Å². The van der Waals surface area contributed by atoms with Gasteiger partial charge in [-0.3, -0.25) is 0 Å². The molecule has 0 radical (unpaired) electrons. The number of hydrogen-bond acceptors (Lipinski definition) is 2. The number of anilines is 1. The topological polar surface area (TPSA) is 16.1 Å². The molecule has 2 heterocycles. The SMILES string of the molecule is Cc1nc(N2CCC(C)CC2)ccc1CCl. The summed E-state index contributed by atoms with van der Waals surface area (Å²) in [5, 5.41) is 0. The third-order valence-electron chi connectivity index (χ3n) is 3.43. The lowest BCUT2D eigenvalue weighted by molar-refractivity contribution is 0.436. The highest BCUT2D eigenvalue weighted by Gasteiger charge is 2.17. The molecular formula is C13H19ClN2. The average molecular weight is 239 g/mol. The molecule has 0 unspecified atom stereocenters. The van der Waals surface area contributed by atoms with Crippen molar-refractivity contribution in [3.63, 3.8) is 0 Å². The second-order valence-electron chi connectivity index (χ2n) is 4.72. The van der Waals surface area contributed by atoms with Crippen LogP contribution in [0.15, 0.2) is 12.1 Å². The molecule has 2 rings (SSSR count). The van der Waals surface area contributed by atoms with Crippen molar-refractivity contribution in [3.05, 3.63) is 23.4 Å². The van der Waals surface area contributed by atoms with Crippen LogP contribution < -0.4 is 4.90 Å². The maximum atomic E-state index is 5.84. The van der Waals surface area contributed by atoms with Gasteiger partial charge in [-0.1, -0.05) is 13.0 Å². The molecule has 0 amide bonds. The van der Waals surface area contributed by atoms with Gasteiger partial charge in [0, 0.05) is 24.7 Å². The maximum Gasteiger partial charge on any atom is 0.128 e. The van der Waals surface area contributed by atoms with E-state index < -0.39 is 0 Å². The quantitative estimate of drug-likeness (QED) is 0.735. The molecule has 1 aliphatic heterocycles. The highest BCUT2D eigenvalue weighted by molar-refractivity contribution is 6.17. The Balaban J connectivity index is 2.12. The van der Waals surface area contributed by atoms with E-state index >= 15 is 0 Å². The summed E-state index contributed by atoms with van der Waals surface area (Å²) in [5.74, 6) is 2.52. The molecule has 88 valence electrons. The number of alkyl halides is 1. The second-order valence-corrected chi connectivity index (χ2v) is 4.98. The largest absolute Gasteiger partial charge is 0.357 e. The number of halogens is 1. The minimum absolute atomic E-state index is 0.552. The molecule has 0 aliphatic carbocycles. The smallest absolute Gasteiger partial charge is 0.128 e. The van der Waals surface area contributed by atoms with Crippen molar-refractivity contribution in [1.82, 2.24) is 4.98 Å². The Morgan fingerprint density at radius 1 is 1.38 bits per heavy atom. The van der Waals surface area contributed by atoms with E-state index in [2.05, 4.69) is 28.9 Å². The fraction of sp³-hybridized carbons (Fsp3) is 0.615. The van der Waals surface area contributed by atoms with E-state index in [1.807, 2.05) is 6.92 Å². The fourth-order valence-electron chi connectivity index (χ4n) is 2.13. The third kappa shape index (κ3) is 2.49. The fourth-order valence-corrected chi connectivity index (χ4v) is 2.41. The lowest BCUT2D eigenvalue weighted by Gasteiger charge is -2.31. The van der Waals surface area contributed by atoms with Crippen LogP contribution in [0.3, 0.4) is 0 Å². The Morgan fingerprint density at radius 2 is 2.06 bits per heavy atom. The summed E-state index contributed by atoms with van der Waals surface area (Å²) in [4.78, 5) is 7.01. The molecule has 0 atom stereocenters. The Bertz CT molecular complexity index is 357. The highest BCUT2D eigenvalue weighted by atomic mass is 35.5. The van der Waals surface area contributed by atoms with Crippen LogP contribution in [0, 0.1) is 12.8 Å². The summed E-state index contributed by atoms with van der Waals surface area (Å²) >= 11 is 5.84. The van der Waals surface area contributed by atoms with Crippen LogP contribution in [0.5, 0.6) is 0 Å². The molecule has 1 fully saturated rings. The van der Waals surface area contributed by atoms with Crippen molar-refractivity contribution in [2.75, 3.05) is 18.0 Å². The number of rotatable bonds is 2. The zero-order chi connectivity index (χ0) is 11.5. The van der Waals surface area contributed by atoms with Crippen LogP contribution in [0.1, 0.15) is 31.0 Å². The molecule has 0 bridgehead atoms. The molecule has 0 N–H and O–H groups in total. The number of piperidine rings is 1. The minimum Gasteiger partial charge on any atom is -0.357 e. The van der Waals surface area contributed by atoms with E-state index in [0.29, 0.717) is 5.88 Å². The zero-order valence-electron chi connectivity index (χ0n) is 10.0. The van der Waals surface area contributed by atoms with Gasteiger partial charge < -0.3 is 4.90 Å². The van der Waals surface area contributed by atoms with Crippen LogP contribution in [-0.2, 0) is 5.88 Å². The van der Waals surface area contributed by atoms with Crippen molar-refractivity contribution in [1.29, 1.82) is 0 Å². The lowest BCUT2D eigenvalue weighted by atomic mass is 9.99. The third-order valence-corrected chi connectivity index (χ3v) is 3.72. The molecule has 1 aliphatic rings. The number of pyridine rings is 1. The van der Waals surface area contributed by atoms with Crippen molar-refractivity contribution in [2.24, 2.45) is 5.92 Å².